The summed E-state index contributed by atoms with van der Waals surface area (Å²) in [6.07, 6.45) is 2.99. The number of H-pyrrole nitrogens is 1. The smallest absolute Gasteiger partial charge is 0.260 e. The van der Waals surface area contributed by atoms with E-state index in [1.807, 2.05) is 24.3 Å². The Hall–Kier alpha value is -2.02. The van der Waals surface area contributed by atoms with Crippen molar-refractivity contribution in [2.45, 2.75) is 0 Å². The molecule has 1 heterocycles. The number of halogens is 1. The van der Waals surface area contributed by atoms with Crippen LogP contribution < -0.4 is 11.1 Å². The van der Waals surface area contributed by atoms with Crippen molar-refractivity contribution in [3.63, 3.8) is 0 Å². The highest BCUT2D eigenvalue weighted by molar-refractivity contribution is 9.10. The molecule has 7 heteroatoms. The zero-order valence-electron chi connectivity index (χ0n) is 8.59. The molecule has 0 aliphatic carbocycles. The maximum atomic E-state index is 10.8. The molecule has 6 nitrogen and oxygen atoms in total. The van der Waals surface area contributed by atoms with Crippen molar-refractivity contribution in [1.29, 1.82) is 0 Å². The molecule has 2 rings (SSSR count). The Morgan fingerprint density at radius 1 is 1.41 bits per heavy atom. The van der Waals surface area contributed by atoms with Crippen molar-refractivity contribution in [2.24, 2.45) is 5.10 Å². The van der Waals surface area contributed by atoms with E-state index in [4.69, 9.17) is 0 Å². The number of hydrogen-bond donors (Lipinski definition) is 2. The molecule has 0 atom stereocenters. The number of nitrogens with zero attached hydrogens (tertiary/aromatic N) is 3. The van der Waals surface area contributed by atoms with Crippen LogP contribution in [0, 0.1) is 0 Å². The summed E-state index contributed by atoms with van der Waals surface area (Å²) in [6, 6.07) is 7.63. The van der Waals surface area contributed by atoms with Gasteiger partial charge >= 0.3 is 5.69 Å². The van der Waals surface area contributed by atoms with Gasteiger partial charge in [-0.1, -0.05) is 34.1 Å². The van der Waals surface area contributed by atoms with Gasteiger partial charge in [-0.3, -0.25) is 5.43 Å². The van der Waals surface area contributed by atoms with Gasteiger partial charge in [0, 0.05) is 10.0 Å². The highest BCUT2D eigenvalue weighted by Gasteiger charge is 1.94. The second-order valence-electron chi connectivity index (χ2n) is 3.06. The lowest BCUT2D eigenvalue weighted by Crippen LogP contribution is -2.13. The molecule has 86 valence electrons. The van der Waals surface area contributed by atoms with Gasteiger partial charge in [-0.15, -0.1) is 0 Å². The third kappa shape index (κ3) is 3.22. The summed E-state index contributed by atoms with van der Waals surface area (Å²) in [4.78, 5) is 14.5. The van der Waals surface area contributed by atoms with E-state index in [0.29, 0.717) is 0 Å². The fourth-order valence-corrected chi connectivity index (χ4v) is 1.50. The number of hydrazone groups is 1. The van der Waals surface area contributed by atoms with Crippen molar-refractivity contribution in [1.82, 2.24) is 15.2 Å². The molecule has 0 saturated carbocycles. The van der Waals surface area contributed by atoms with Crippen LogP contribution in [0.4, 0.5) is 5.82 Å². The molecule has 0 spiro atoms. The van der Waals surface area contributed by atoms with Gasteiger partial charge in [0.15, 0.2) is 5.82 Å². The van der Waals surface area contributed by atoms with E-state index >= 15 is 0 Å². The normalized spacial score (nSPS) is 10.6. The monoisotopic (exact) mass is 293 g/mol. The Labute approximate surface area is 105 Å². The lowest BCUT2D eigenvalue weighted by molar-refractivity contribution is 0.913. The molecule has 0 aliphatic rings. The van der Waals surface area contributed by atoms with E-state index in [0.717, 1.165) is 10.0 Å². The largest absolute Gasteiger partial charge is 0.363 e. The molecule has 0 amide bonds. The standard InChI is InChI=1S/C10H8BrN5O/c11-8-4-2-1-3-7(8)5-12-15-9-6-13-16-10(17)14-9/h1-6H,(H2,14,15,16,17)/b12-5+. The van der Waals surface area contributed by atoms with Gasteiger partial charge in [-0.2, -0.15) is 15.2 Å². The maximum absolute atomic E-state index is 10.8. The Kier molecular flexibility index (Phi) is 3.61. The van der Waals surface area contributed by atoms with E-state index in [-0.39, 0.29) is 5.82 Å². The van der Waals surface area contributed by atoms with Crippen LogP contribution in [-0.4, -0.2) is 21.4 Å². The second-order valence-corrected chi connectivity index (χ2v) is 3.92. The molecule has 0 fully saturated rings. The van der Waals surface area contributed by atoms with Crippen LogP contribution in [0.25, 0.3) is 0 Å². The van der Waals surface area contributed by atoms with Gasteiger partial charge in [-0.25, -0.2) is 9.89 Å². The SMILES string of the molecule is O=c1nc(N/N=C/c2ccccc2Br)cn[nH]1. The third-order valence-corrected chi connectivity index (χ3v) is 2.58. The quantitative estimate of drug-likeness (QED) is 0.661. The number of nitrogens with one attached hydrogen (secondary N) is 2. The summed E-state index contributed by atoms with van der Waals surface area (Å²) in [5.74, 6) is 0.289. The summed E-state index contributed by atoms with van der Waals surface area (Å²) < 4.78 is 0.933. The molecule has 1 aromatic heterocycles. The molecule has 0 aliphatic heterocycles. The number of aromatic amines is 1. The average Bonchev–Trinajstić information content (AvgIpc) is 2.32. The van der Waals surface area contributed by atoms with E-state index in [1.54, 1.807) is 6.21 Å². The van der Waals surface area contributed by atoms with Crippen molar-refractivity contribution < 1.29 is 0 Å². The van der Waals surface area contributed by atoms with Crippen LogP contribution in [0.2, 0.25) is 0 Å². The summed E-state index contributed by atoms with van der Waals surface area (Å²) in [5, 5.41) is 9.71. The van der Waals surface area contributed by atoms with Crippen LogP contribution in [0.1, 0.15) is 5.56 Å². The highest BCUT2D eigenvalue weighted by atomic mass is 79.9. The van der Waals surface area contributed by atoms with E-state index in [1.165, 1.54) is 6.20 Å². The maximum Gasteiger partial charge on any atom is 0.363 e. The van der Waals surface area contributed by atoms with Crippen LogP contribution in [0.3, 0.4) is 0 Å². The molecule has 0 radical (unpaired) electrons. The minimum absolute atomic E-state index is 0.289. The van der Waals surface area contributed by atoms with E-state index in [9.17, 15) is 4.79 Å². The van der Waals surface area contributed by atoms with Crippen LogP contribution in [0.5, 0.6) is 0 Å². The molecular weight excluding hydrogens is 286 g/mol. The molecule has 2 N–H and O–H groups in total. The van der Waals surface area contributed by atoms with Crippen molar-refractivity contribution >= 4 is 28.0 Å². The molecular formula is C10H8BrN5O. The Morgan fingerprint density at radius 3 is 3.00 bits per heavy atom. The van der Waals surface area contributed by atoms with Crippen molar-refractivity contribution in [3.05, 3.63) is 51.0 Å². The van der Waals surface area contributed by atoms with Crippen molar-refractivity contribution in [2.75, 3.05) is 5.43 Å². The number of anilines is 1. The molecule has 0 bridgehead atoms. The van der Waals surface area contributed by atoms with Crippen LogP contribution in [-0.2, 0) is 0 Å². The Morgan fingerprint density at radius 2 is 2.24 bits per heavy atom. The summed E-state index contributed by atoms with van der Waals surface area (Å²) in [5.41, 5.74) is 3.01. The Bertz CT molecular complexity index is 595. The lowest BCUT2D eigenvalue weighted by atomic mass is 10.2. The number of benzene rings is 1. The number of rotatable bonds is 3. The van der Waals surface area contributed by atoms with Crippen LogP contribution in [0.15, 0.2) is 44.8 Å². The predicted octanol–water partition coefficient (Wildman–Crippen LogP) is 1.37. The minimum atomic E-state index is -0.522. The van der Waals surface area contributed by atoms with Gasteiger partial charge in [0.25, 0.3) is 0 Å². The van der Waals surface area contributed by atoms with E-state index in [2.05, 4.69) is 41.6 Å². The van der Waals surface area contributed by atoms with Crippen molar-refractivity contribution in [3.8, 4) is 0 Å². The number of aromatic nitrogens is 3. The second kappa shape index (κ2) is 5.35. The molecule has 2 aromatic rings. The van der Waals surface area contributed by atoms with Gasteiger partial charge in [-0.05, 0) is 6.07 Å². The summed E-state index contributed by atoms with van der Waals surface area (Å²) in [6.45, 7) is 0. The fourth-order valence-electron chi connectivity index (χ4n) is 1.11. The van der Waals surface area contributed by atoms with Gasteiger partial charge in [0.2, 0.25) is 0 Å². The van der Waals surface area contributed by atoms with Crippen LogP contribution >= 0.6 is 15.9 Å². The average molecular weight is 294 g/mol. The van der Waals surface area contributed by atoms with E-state index < -0.39 is 5.69 Å². The summed E-state index contributed by atoms with van der Waals surface area (Å²) >= 11 is 3.39. The first-order chi connectivity index (χ1) is 8.25. The topological polar surface area (TPSA) is 83.0 Å². The molecule has 0 saturated heterocycles. The number of hydrogen-bond acceptors (Lipinski definition) is 5. The molecule has 1 aromatic carbocycles. The fraction of sp³-hybridized carbons (Fsp3) is 0. The van der Waals surface area contributed by atoms with Gasteiger partial charge in [0.05, 0.1) is 12.4 Å². The minimum Gasteiger partial charge on any atom is -0.260 e. The predicted molar refractivity (Wildman–Crippen MR) is 68.0 cm³/mol. The van der Waals surface area contributed by atoms with Gasteiger partial charge in [0.1, 0.15) is 0 Å². The first kappa shape index (κ1) is 11.5. The first-order valence-corrected chi connectivity index (χ1v) is 5.50. The first-order valence-electron chi connectivity index (χ1n) is 4.71. The zero-order chi connectivity index (χ0) is 12.1. The third-order valence-electron chi connectivity index (χ3n) is 1.86. The highest BCUT2D eigenvalue weighted by Crippen LogP contribution is 2.13. The molecule has 0 unspecified atom stereocenters. The van der Waals surface area contributed by atoms with Gasteiger partial charge < -0.3 is 0 Å². The lowest BCUT2D eigenvalue weighted by Gasteiger charge is -1.98. The summed E-state index contributed by atoms with van der Waals surface area (Å²) in [7, 11) is 0. The molecule has 17 heavy (non-hydrogen) atoms. The Balaban J connectivity index is 2.08. The zero-order valence-corrected chi connectivity index (χ0v) is 10.2.